The van der Waals surface area contributed by atoms with Crippen molar-refractivity contribution >= 4 is 22.6 Å². The minimum absolute atomic E-state index is 0.0344. The Morgan fingerprint density at radius 3 is 2.67 bits per heavy atom. The molecule has 4 nitrogen and oxygen atoms in total. The second-order valence-corrected chi connectivity index (χ2v) is 4.78. The van der Waals surface area contributed by atoms with Gasteiger partial charge in [-0.1, -0.05) is 34.7 Å². The molecule has 0 saturated carbocycles. The fourth-order valence-electron chi connectivity index (χ4n) is 1.55. The van der Waals surface area contributed by atoms with Crippen molar-refractivity contribution in [2.75, 3.05) is 11.0 Å². The maximum Gasteiger partial charge on any atom is 0.164 e. The quantitative estimate of drug-likeness (QED) is 0.456. The Labute approximate surface area is 103 Å². The normalized spacial score (nSPS) is 32.3. The topological polar surface area (TPSA) is 58.9 Å². The van der Waals surface area contributed by atoms with Gasteiger partial charge >= 0.3 is 0 Å². The number of halogens is 1. The minimum Gasteiger partial charge on any atom is -0.392 e. The minimum atomic E-state index is -0.679. The van der Waals surface area contributed by atoms with Crippen LogP contribution < -0.4 is 0 Å². The summed E-state index contributed by atoms with van der Waals surface area (Å²) < 4.78 is 11.8. The van der Waals surface area contributed by atoms with Crippen molar-refractivity contribution < 1.29 is 19.7 Å². The van der Waals surface area contributed by atoms with Crippen molar-refractivity contribution in [3.63, 3.8) is 0 Å². The zero-order valence-corrected chi connectivity index (χ0v) is 11.0. The van der Waals surface area contributed by atoms with Gasteiger partial charge in [0.1, 0.15) is 12.2 Å². The molecule has 1 aliphatic heterocycles. The molecule has 0 amide bonds. The van der Waals surface area contributed by atoms with Crippen molar-refractivity contribution in [1.29, 1.82) is 0 Å². The van der Waals surface area contributed by atoms with Crippen LogP contribution in [0.5, 0.6) is 0 Å². The first-order valence-electron chi connectivity index (χ1n) is 4.87. The summed E-state index contributed by atoms with van der Waals surface area (Å²) in [5.74, 6) is -0.679. The molecule has 1 heterocycles. The Bertz CT molecular complexity index is 229. The number of alkyl halides is 1. The maximum absolute atomic E-state index is 9.75. The van der Waals surface area contributed by atoms with E-state index >= 15 is 0 Å². The largest absolute Gasteiger partial charge is 0.392 e. The monoisotopic (exact) mass is 328 g/mol. The van der Waals surface area contributed by atoms with E-state index in [1.165, 1.54) is 0 Å². The molecule has 1 fully saturated rings. The second kappa shape index (κ2) is 5.58. The first kappa shape index (κ1) is 13.4. The number of hydrogen-bond donors (Lipinski definition) is 2. The smallest absolute Gasteiger partial charge is 0.164 e. The average molecular weight is 328 g/mol. The highest BCUT2D eigenvalue weighted by Crippen LogP contribution is 2.31. The molecule has 1 saturated heterocycles. The van der Waals surface area contributed by atoms with E-state index in [0.29, 0.717) is 4.43 Å². The molecule has 0 aromatic heterocycles. The van der Waals surface area contributed by atoms with Gasteiger partial charge in [-0.15, -0.1) is 0 Å². The van der Waals surface area contributed by atoms with E-state index < -0.39 is 11.9 Å². The van der Waals surface area contributed by atoms with Crippen LogP contribution in [0.25, 0.3) is 0 Å². The van der Waals surface area contributed by atoms with Crippen molar-refractivity contribution in [3.8, 4) is 0 Å². The van der Waals surface area contributed by atoms with Crippen LogP contribution in [0.4, 0.5) is 0 Å². The van der Waals surface area contributed by atoms with Crippen LogP contribution in [0.2, 0.25) is 0 Å². The van der Waals surface area contributed by atoms with E-state index in [1.54, 1.807) is 12.2 Å². The summed E-state index contributed by atoms with van der Waals surface area (Å²) in [7, 11) is 0. The Morgan fingerprint density at radius 2 is 2.13 bits per heavy atom. The van der Waals surface area contributed by atoms with Gasteiger partial charge in [0.2, 0.25) is 0 Å². The predicted molar refractivity (Wildman–Crippen MR) is 64.9 cm³/mol. The van der Waals surface area contributed by atoms with Crippen LogP contribution in [0.1, 0.15) is 13.8 Å². The molecule has 0 bridgehead atoms. The highest BCUT2D eigenvalue weighted by molar-refractivity contribution is 14.1. The van der Waals surface area contributed by atoms with E-state index in [4.69, 9.17) is 14.6 Å². The number of aliphatic hydroxyl groups is 2. The number of rotatable bonds is 4. The van der Waals surface area contributed by atoms with E-state index in [0.717, 1.165) is 0 Å². The van der Waals surface area contributed by atoms with Gasteiger partial charge < -0.3 is 19.7 Å². The predicted octanol–water partition coefficient (Wildman–Crippen LogP) is 0.851. The lowest BCUT2D eigenvalue weighted by Crippen LogP contribution is -2.35. The summed E-state index contributed by atoms with van der Waals surface area (Å²) in [6.45, 7) is 3.59. The highest BCUT2D eigenvalue weighted by Gasteiger charge is 2.43. The van der Waals surface area contributed by atoms with E-state index in [9.17, 15) is 5.11 Å². The van der Waals surface area contributed by atoms with Crippen LogP contribution in [-0.2, 0) is 9.47 Å². The summed E-state index contributed by atoms with van der Waals surface area (Å²) in [5.41, 5.74) is 0. The Kier molecular flexibility index (Phi) is 4.98. The Hall–Kier alpha value is 0.310. The summed E-state index contributed by atoms with van der Waals surface area (Å²) in [4.78, 5) is 0. The Balaban J connectivity index is 2.70. The molecule has 0 aromatic carbocycles. The van der Waals surface area contributed by atoms with E-state index in [2.05, 4.69) is 22.6 Å². The van der Waals surface area contributed by atoms with Gasteiger partial charge in [0.25, 0.3) is 0 Å². The lowest BCUT2D eigenvalue weighted by molar-refractivity contribution is -0.151. The molecule has 1 aliphatic rings. The molecule has 0 aliphatic carbocycles. The zero-order valence-electron chi connectivity index (χ0n) is 8.89. The van der Waals surface area contributed by atoms with Gasteiger partial charge in [0, 0.05) is 4.43 Å². The number of hydrogen-bond acceptors (Lipinski definition) is 4. The molecule has 88 valence electrons. The van der Waals surface area contributed by atoms with Crippen molar-refractivity contribution in [2.45, 2.75) is 37.9 Å². The highest BCUT2D eigenvalue weighted by atomic mass is 127. The average Bonchev–Trinajstić information content (AvgIpc) is 2.49. The van der Waals surface area contributed by atoms with Crippen molar-refractivity contribution in [2.24, 2.45) is 0 Å². The van der Waals surface area contributed by atoms with E-state index in [1.807, 2.05) is 13.8 Å². The van der Waals surface area contributed by atoms with Gasteiger partial charge in [-0.2, -0.15) is 0 Å². The molecule has 0 spiro atoms. The lowest BCUT2D eigenvalue weighted by atomic mass is 10.1. The standard InChI is InChI=1S/C10H17IO4/c1-10(2)14-8(4-3-5-12)9(15-10)7(13)6-11/h3-4,7-9,12-13H,5-6H2,1-2H3/b4-3-/t7-,8+,9-/m1/s1. The van der Waals surface area contributed by atoms with Crippen LogP contribution in [0, 0.1) is 0 Å². The van der Waals surface area contributed by atoms with Gasteiger partial charge in [0.05, 0.1) is 12.7 Å². The van der Waals surface area contributed by atoms with Gasteiger partial charge in [-0.25, -0.2) is 0 Å². The van der Waals surface area contributed by atoms with Gasteiger partial charge in [0.15, 0.2) is 5.79 Å². The van der Waals surface area contributed by atoms with Crippen LogP contribution >= 0.6 is 22.6 Å². The number of aliphatic hydroxyl groups excluding tert-OH is 2. The summed E-state index contributed by atoms with van der Waals surface area (Å²) in [5, 5.41) is 18.4. The third-order valence-corrected chi connectivity index (χ3v) is 3.03. The van der Waals surface area contributed by atoms with Crippen molar-refractivity contribution in [1.82, 2.24) is 0 Å². The van der Waals surface area contributed by atoms with Crippen LogP contribution in [-0.4, -0.2) is 45.3 Å². The molecular weight excluding hydrogens is 311 g/mol. The van der Waals surface area contributed by atoms with Gasteiger partial charge in [-0.3, -0.25) is 0 Å². The molecule has 2 N–H and O–H groups in total. The SMILES string of the molecule is CC1(C)O[C@H]([C@H](O)CI)[C@H](/C=C\CO)O1. The Morgan fingerprint density at radius 1 is 1.47 bits per heavy atom. The third-order valence-electron chi connectivity index (χ3n) is 2.13. The summed E-state index contributed by atoms with van der Waals surface area (Å²) >= 11 is 2.10. The van der Waals surface area contributed by atoms with E-state index in [-0.39, 0.29) is 18.8 Å². The molecular formula is C10H17IO4. The van der Waals surface area contributed by atoms with Crippen LogP contribution in [0.15, 0.2) is 12.2 Å². The van der Waals surface area contributed by atoms with Gasteiger partial charge in [-0.05, 0) is 13.8 Å². The molecule has 5 heteroatoms. The fraction of sp³-hybridized carbons (Fsp3) is 0.800. The molecule has 0 aromatic rings. The summed E-state index contributed by atoms with van der Waals surface area (Å²) in [6.07, 6.45) is 2.12. The molecule has 1 rings (SSSR count). The molecule has 15 heavy (non-hydrogen) atoms. The summed E-state index contributed by atoms with van der Waals surface area (Å²) in [6, 6.07) is 0. The first-order valence-corrected chi connectivity index (χ1v) is 6.40. The number of ether oxygens (including phenoxy) is 2. The zero-order chi connectivity index (χ0) is 11.5. The molecule has 0 unspecified atom stereocenters. The third kappa shape index (κ3) is 3.67. The molecule has 0 radical (unpaired) electrons. The molecule has 3 atom stereocenters. The fourth-order valence-corrected chi connectivity index (χ4v) is 2.05. The first-order chi connectivity index (χ1) is 7.00. The second-order valence-electron chi connectivity index (χ2n) is 3.90. The van der Waals surface area contributed by atoms with Crippen molar-refractivity contribution in [3.05, 3.63) is 12.2 Å². The van der Waals surface area contributed by atoms with Crippen LogP contribution in [0.3, 0.4) is 0 Å². The lowest BCUT2D eigenvalue weighted by Gasteiger charge is -2.19. The maximum atomic E-state index is 9.75.